The zero-order valence-electron chi connectivity index (χ0n) is 10.9. The summed E-state index contributed by atoms with van der Waals surface area (Å²) < 4.78 is 18.0. The van der Waals surface area contributed by atoms with E-state index in [1.54, 1.807) is 7.11 Å². The van der Waals surface area contributed by atoms with Crippen molar-refractivity contribution < 1.29 is 13.9 Å². The predicted molar refractivity (Wildman–Crippen MR) is 68.8 cm³/mol. The van der Waals surface area contributed by atoms with Gasteiger partial charge < -0.3 is 15.8 Å². The Balaban J connectivity index is 2.77. The van der Waals surface area contributed by atoms with Crippen molar-refractivity contribution in [2.45, 2.75) is 19.9 Å². The van der Waals surface area contributed by atoms with Crippen molar-refractivity contribution >= 4 is 11.6 Å². The number of amides is 1. The summed E-state index contributed by atoms with van der Waals surface area (Å²) >= 11 is 0. The minimum absolute atomic E-state index is 0.0320. The van der Waals surface area contributed by atoms with Gasteiger partial charge in [-0.05, 0) is 24.1 Å². The summed E-state index contributed by atoms with van der Waals surface area (Å²) in [5, 5.41) is 2.84. The number of nitrogen functional groups attached to an aromatic ring is 1. The van der Waals surface area contributed by atoms with Crippen molar-refractivity contribution in [3.05, 3.63) is 29.6 Å². The summed E-state index contributed by atoms with van der Waals surface area (Å²) in [7, 11) is 1.58. The van der Waals surface area contributed by atoms with Gasteiger partial charge in [0, 0.05) is 12.7 Å². The van der Waals surface area contributed by atoms with Crippen molar-refractivity contribution in [1.82, 2.24) is 5.32 Å². The lowest BCUT2D eigenvalue weighted by Gasteiger charge is -2.21. The van der Waals surface area contributed by atoms with Gasteiger partial charge in [0.1, 0.15) is 5.82 Å². The van der Waals surface area contributed by atoms with Crippen molar-refractivity contribution in [2.75, 3.05) is 19.5 Å². The van der Waals surface area contributed by atoms with E-state index in [-0.39, 0.29) is 23.6 Å². The highest BCUT2D eigenvalue weighted by atomic mass is 19.1. The van der Waals surface area contributed by atoms with E-state index in [0.29, 0.717) is 12.2 Å². The molecular formula is C13H19FN2O2. The third kappa shape index (κ3) is 3.70. The molecule has 0 aromatic heterocycles. The molecule has 1 aromatic rings. The Bertz CT molecular complexity index is 421. The third-order valence-electron chi connectivity index (χ3n) is 2.73. The highest BCUT2D eigenvalue weighted by Crippen LogP contribution is 2.13. The summed E-state index contributed by atoms with van der Waals surface area (Å²) in [4.78, 5) is 12.0. The number of hydrogen-bond acceptors (Lipinski definition) is 3. The van der Waals surface area contributed by atoms with Gasteiger partial charge in [-0.25, -0.2) is 4.39 Å². The number of ether oxygens (including phenoxy) is 1. The summed E-state index contributed by atoms with van der Waals surface area (Å²) in [6, 6.07) is 3.83. The van der Waals surface area contributed by atoms with Crippen LogP contribution in [0.25, 0.3) is 0 Å². The summed E-state index contributed by atoms with van der Waals surface area (Å²) in [6.07, 6.45) is 0. The van der Waals surface area contributed by atoms with Gasteiger partial charge in [-0.2, -0.15) is 0 Å². The standard InChI is InChI=1S/C13H19FN2O2/c1-8(2)12(7-18-3)16-13(17)9-4-5-10(14)11(15)6-9/h4-6,8,12H,7,15H2,1-3H3,(H,16,17). The first kappa shape index (κ1) is 14.4. The maximum atomic E-state index is 13.0. The molecule has 0 saturated heterocycles. The van der Waals surface area contributed by atoms with Gasteiger partial charge in [-0.3, -0.25) is 4.79 Å². The Morgan fingerprint density at radius 1 is 1.50 bits per heavy atom. The molecule has 1 atom stereocenters. The SMILES string of the molecule is COCC(NC(=O)c1ccc(F)c(N)c1)C(C)C. The molecule has 0 aliphatic carbocycles. The van der Waals surface area contributed by atoms with Crippen LogP contribution in [0.2, 0.25) is 0 Å². The van der Waals surface area contributed by atoms with Crippen LogP contribution in [0.5, 0.6) is 0 Å². The number of rotatable bonds is 5. The van der Waals surface area contributed by atoms with Crippen LogP contribution in [0.15, 0.2) is 18.2 Å². The maximum Gasteiger partial charge on any atom is 0.251 e. The number of benzene rings is 1. The Hall–Kier alpha value is -1.62. The van der Waals surface area contributed by atoms with Crippen LogP contribution in [0.3, 0.4) is 0 Å². The molecule has 5 heteroatoms. The second-order valence-electron chi connectivity index (χ2n) is 4.52. The predicted octanol–water partition coefficient (Wildman–Crippen LogP) is 1.81. The van der Waals surface area contributed by atoms with Gasteiger partial charge >= 0.3 is 0 Å². The molecule has 1 amide bonds. The van der Waals surface area contributed by atoms with E-state index in [1.165, 1.54) is 18.2 Å². The first-order chi connectivity index (χ1) is 8.45. The van der Waals surface area contributed by atoms with Gasteiger partial charge in [0.25, 0.3) is 5.91 Å². The van der Waals surface area contributed by atoms with E-state index < -0.39 is 5.82 Å². The zero-order valence-corrected chi connectivity index (χ0v) is 10.9. The lowest BCUT2D eigenvalue weighted by molar-refractivity contribution is 0.0866. The monoisotopic (exact) mass is 254 g/mol. The van der Waals surface area contributed by atoms with Crippen LogP contribution >= 0.6 is 0 Å². The Labute approximate surface area is 106 Å². The van der Waals surface area contributed by atoms with E-state index >= 15 is 0 Å². The molecule has 3 N–H and O–H groups in total. The van der Waals surface area contributed by atoms with Gasteiger partial charge in [0.05, 0.1) is 18.3 Å². The lowest BCUT2D eigenvalue weighted by atomic mass is 10.0. The van der Waals surface area contributed by atoms with Crippen molar-refractivity contribution in [1.29, 1.82) is 0 Å². The van der Waals surface area contributed by atoms with Crippen LogP contribution < -0.4 is 11.1 Å². The molecule has 4 nitrogen and oxygen atoms in total. The molecule has 18 heavy (non-hydrogen) atoms. The van der Waals surface area contributed by atoms with E-state index in [1.807, 2.05) is 13.8 Å². The highest BCUT2D eigenvalue weighted by Gasteiger charge is 2.17. The molecule has 0 aliphatic rings. The number of hydrogen-bond donors (Lipinski definition) is 2. The highest BCUT2D eigenvalue weighted by molar-refractivity contribution is 5.95. The number of nitrogens with two attached hydrogens (primary N) is 1. The molecule has 1 rings (SSSR count). The van der Waals surface area contributed by atoms with Crippen molar-refractivity contribution in [3.8, 4) is 0 Å². The van der Waals surface area contributed by atoms with Crippen molar-refractivity contribution in [3.63, 3.8) is 0 Å². The minimum Gasteiger partial charge on any atom is -0.396 e. The van der Waals surface area contributed by atoms with E-state index in [2.05, 4.69) is 5.32 Å². The van der Waals surface area contributed by atoms with Gasteiger partial charge in [0.2, 0.25) is 0 Å². The average Bonchev–Trinajstić information content (AvgIpc) is 2.31. The van der Waals surface area contributed by atoms with E-state index in [9.17, 15) is 9.18 Å². The molecule has 0 fully saturated rings. The quantitative estimate of drug-likeness (QED) is 0.788. The van der Waals surface area contributed by atoms with Crippen LogP contribution in [-0.4, -0.2) is 25.7 Å². The van der Waals surface area contributed by atoms with Crippen molar-refractivity contribution in [2.24, 2.45) is 5.92 Å². The Morgan fingerprint density at radius 3 is 2.67 bits per heavy atom. The molecule has 0 radical (unpaired) electrons. The maximum absolute atomic E-state index is 13.0. The van der Waals surface area contributed by atoms with Gasteiger partial charge in [-0.15, -0.1) is 0 Å². The number of methoxy groups -OCH3 is 1. The molecule has 100 valence electrons. The summed E-state index contributed by atoms with van der Waals surface area (Å²) in [6.45, 7) is 4.41. The number of halogens is 1. The average molecular weight is 254 g/mol. The summed E-state index contributed by atoms with van der Waals surface area (Å²) in [5.41, 5.74) is 5.74. The Kier molecular flexibility index (Phi) is 5.09. The topological polar surface area (TPSA) is 64.3 Å². The first-order valence-electron chi connectivity index (χ1n) is 5.80. The zero-order chi connectivity index (χ0) is 13.7. The molecular weight excluding hydrogens is 235 g/mol. The summed E-state index contributed by atoms with van der Waals surface area (Å²) in [5.74, 6) is -0.562. The fourth-order valence-electron chi connectivity index (χ4n) is 1.52. The molecule has 0 spiro atoms. The largest absolute Gasteiger partial charge is 0.396 e. The number of carbonyl (C=O) groups is 1. The van der Waals surface area contributed by atoms with Crippen LogP contribution in [0.4, 0.5) is 10.1 Å². The lowest BCUT2D eigenvalue weighted by Crippen LogP contribution is -2.41. The van der Waals surface area contributed by atoms with Crippen LogP contribution in [0.1, 0.15) is 24.2 Å². The second-order valence-corrected chi connectivity index (χ2v) is 4.52. The molecule has 0 bridgehead atoms. The molecule has 0 heterocycles. The molecule has 1 unspecified atom stereocenters. The van der Waals surface area contributed by atoms with Gasteiger partial charge in [0.15, 0.2) is 0 Å². The normalized spacial score (nSPS) is 12.5. The fraction of sp³-hybridized carbons (Fsp3) is 0.462. The van der Waals surface area contributed by atoms with Crippen LogP contribution in [0, 0.1) is 11.7 Å². The second kappa shape index (κ2) is 6.35. The molecule has 0 saturated carbocycles. The molecule has 0 aliphatic heterocycles. The number of carbonyl (C=O) groups excluding carboxylic acids is 1. The number of anilines is 1. The number of nitrogens with one attached hydrogen (secondary N) is 1. The molecule has 1 aromatic carbocycles. The van der Waals surface area contributed by atoms with E-state index in [0.717, 1.165) is 0 Å². The third-order valence-corrected chi connectivity index (χ3v) is 2.73. The smallest absolute Gasteiger partial charge is 0.251 e. The Morgan fingerprint density at radius 2 is 2.17 bits per heavy atom. The van der Waals surface area contributed by atoms with E-state index in [4.69, 9.17) is 10.5 Å². The first-order valence-corrected chi connectivity index (χ1v) is 5.80. The minimum atomic E-state index is -0.524. The van der Waals surface area contributed by atoms with Crippen LogP contribution in [-0.2, 0) is 4.74 Å². The fourth-order valence-corrected chi connectivity index (χ4v) is 1.52. The van der Waals surface area contributed by atoms with Gasteiger partial charge in [-0.1, -0.05) is 13.8 Å².